The summed E-state index contributed by atoms with van der Waals surface area (Å²) in [7, 11) is -2.38. The standard InChI is InChI=1S/C17H13F4N3O3S/c1-24-14-8-11(16(25)23-28(2,26)27)13(18)7-12(14)15(22-24)9-3-5-10(6-4-9)17(19,20)21/h3-8H,1-2H3,(H,23,25). The normalized spacial score (nSPS) is 12.4. The molecular formula is C17H13F4N3O3S. The van der Waals surface area contributed by atoms with Gasteiger partial charge in [0.05, 0.1) is 22.9 Å². The molecule has 2 aromatic carbocycles. The highest BCUT2D eigenvalue weighted by Gasteiger charge is 2.30. The van der Waals surface area contributed by atoms with Crippen molar-refractivity contribution in [3.63, 3.8) is 0 Å². The van der Waals surface area contributed by atoms with Crippen molar-refractivity contribution < 1.29 is 30.8 Å². The number of carbonyl (C=O) groups excluding carboxylic acids is 1. The molecule has 0 fully saturated rings. The maximum Gasteiger partial charge on any atom is 0.416 e. The SMILES string of the molecule is Cn1nc(-c2ccc(C(F)(F)F)cc2)c2cc(F)c(C(=O)NS(C)(=O)=O)cc21. The number of benzene rings is 2. The van der Waals surface area contributed by atoms with E-state index in [-0.39, 0.29) is 11.1 Å². The quantitative estimate of drug-likeness (QED) is 0.667. The monoisotopic (exact) mass is 415 g/mol. The maximum absolute atomic E-state index is 14.4. The van der Waals surface area contributed by atoms with Gasteiger partial charge >= 0.3 is 6.18 Å². The van der Waals surface area contributed by atoms with Gasteiger partial charge in [-0.3, -0.25) is 9.48 Å². The molecule has 3 rings (SSSR count). The average Bonchev–Trinajstić information content (AvgIpc) is 2.88. The van der Waals surface area contributed by atoms with Gasteiger partial charge in [-0.05, 0) is 24.3 Å². The van der Waals surface area contributed by atoms with E-state index in [1.54, 1.807) is 4.72 Å². The predicted molar refractivity (Wildman–Crippen MR) is 93.4 cm³/mol. The molecule has 6 nitrogen and oxygen atoms in total. The molecule has 0 unspecified atom stereocenters. The number of alkyl halides is 3. The molecular weight excluding hydrogens is 402 g/mol. The van der Waals surface area contributed by atoms with E-state index in [1.165, 1.54) is 23.9 Å². The van der Waals surface area contributed by atoms with Crippen molar-refractivity contribution in [3.8, 4) is 11.3 Å². The van der Waals surface area contributed by atoms with Crippen LogP contribution >= 0.6 is 0 Å². The van der Waals surface area contributed by atoms with Crippen molar-refractivity contribution in [1.82, 2.24) is 14.5 Å². The van der Waals surface area contributed by atoms with Crippen molar-refractivity contribution >= 4 is 26.8 Å². The summed E-state index contributed by atoms with van der Waals surface area (Å²) in [5.74, 6) is -2.13. The second-order valence-electron chi connectivity index (χ2n) is 6.10. The summed E-state index contributed by atoms with van der Waals surface area (Å²) in [5, 5.41) is 4.45. The van der Waals surface area contributed by atoms with Crippen LogP contribution in [-0.4, -0.2) is 30.4 Å². The number of fused-ring (bicyclic) bond motifs is 1. The number of aryl methyl sites for hydroxylation is 1. The second-order valence-corrected chi connectivity index (χ2v) is 7.85. The molecule has 1 aromatic heterocycles. The zero-order valence-electron chi connectivity index (χ0n) is 14.5. The summed E-state index contributed by atoms with van der Waals surface area (Å²) in [4.78, 5) is 12.0. The fourth-order valence-electron chi connectivity index (χ4n) is 2.70. The molecule has 0 aliphatic carbocycles. The Morgan fingerprint density at radius 2 is 1.75 bits per heavy atom. The first-order valence-electron chi connectivity index (χ1n) is 7.73. The maximum atomic E-state index is 14.4. The van der Waals surface area contributed by atoms with Crippen molar-refractivity contribution in [3.05, 3.63) is 53.3 Å². The molecule has 0 spiro atoms. The Morgan fingerprint density at radius 1 is 1.14 bits per heavy atom. The minimum Gasteiger partial charge on any atom is -0.268 e. The third-order valence-electron chi connectivity index (χ3n) is 3.95. The first kappa shape index (κ1) is 19.8. The minimum atomic E-state index is -4.49. The molecule has 0 aliphatic heterocycles. The largest absolute Gasteiger partial charge is 0.416 e. The molecule has 0 aliphatic rings. The lowest BCUT2D eigenvalue weighted by atomic mass is 10.0. The first-order valence-corrected chi connectivity index (χ1v) is 9.62. The Labute approximate surface area is 156 Å². The molecule has 0 saturated heterocycles. The van der Waals surface area contributed by atoms with Gasteiger partial charge < -0.3 is 0 Å². The molecule has 11 heteroatoms. The fourth-order valence-corrected chi connectivity index (χ4v) is 3.15. The highest BCUT2D eigenvalue weighted by molar-refractivity contribution is 7.89. The van der Waals surface area contributed by atoms with E-state index in [9.17, 15) is 30.8 Å². The molecule has 148 valence electrons. The lowest BCUT2D eigenvalue weighted by Gasteiger charge is -2.07. The summed E-state index contributed by atoms with van der Waals surface area (Å²) < 4.78 is 78.0. The van der Waals surface area contributed by atoms with E-state index in [0.29, 0.717) is 11.1 Å². The van der Waals surface area contributed by atoms with Gasteiger partial charge in [-0.25, -0.2) is 17.5 Å². The predicted octanol–water partition coefficient (Wildman–Crippen LogP) is 3.09. The van der Waals surface area contributed by atoms with Crippen LogP contribution in [0.15, 0.2) is 36.4 Å². The Bertz CT molecular complexity index is 1180. The van der Waals surface area contributed by atoms with E-state index < -0.39 is 39.1 Å². The van der Waals surface area contributed by atoms with E-state index in [2.05, 4.69) is 5.10 Å². The van der Waals surface area contributed by atoms with Gasteiger partial charge in [0, 0.05) is 18.0 Å². The first-order chi connectivity index (χ1) is 12.9. The van der Waals surface area contributed by atoms with Crippen LogP contribution in [0.1, 0.15) is 15.9 Å². The smallest absolute Gasteiger partial charge is 0.268 e. The number of aromatic nitrogens is 2. The fraction of sp³-hybridized carbons (Fsp3) is 0.176. The van der Waals surface area contributed by atoms with Crippen LogP contribution in [0.25, 0.3) is 22.2 Å². The highest BCUT2D eigenvalue weighted by Crippen LogP contribution is 2.33. The van der Waals surface area contributed by atoms with E-state index in [0.717, 1.165) is 30.5 Å². The van der Waals surface area contributed by atoms with E-state index in [1.807, 2.05) is 0 Å². The number of halogens is 4. The lowest BCUT2D eigenvalue weighted by molar-refractivity contribution is -0.137. The third kappa shape index (κ3) is 3.84. The van der Waals surface area contributed by atoms with Crippen LogP contribution in [-0.2, 0) is 23.2 Å². The highest BCUT2D eigenvalue weighted by atomic mass is 32.2. The van der Waals surface area contributed by atoms with Crippen molar-refractivity contribution in [2.75, 3.05) is 6.26 Å². The number of nitrogens with zero attached hydrogens (tertiary/aromatic N) is 2. The summed E-state index contributed by atoms with van der Waals surface area (Å²) in [6.45, 7) is 0. The van der Waals surface area contributed by atoms with Gasteiger partial charge in [0.1, 0.15) is 11.5 Å². The Kier molecular flexibility index (Phi) is 4.66. The Balaban J connectivity index is 2.10. The zero-order valence-corrected chi connectivity index (χ0v) is 15.3. The van der Waals surface area contributed by atoms with Crippen LogP contribution < -0.4 is 4.72 Å². The van der Waals surface area contributed by atoms with Crippen LogP contribution in [0, 0.1) is 5.82 Å². The third-order valence-corrected chi connectivity index (χ3v) is 4.50. The van der Waals surface area contributed by atoms with Crippen LogP contribution in [0.2, 0.25) is 0 Å². The number of hydrogen-bond acceptors (Lipinski definition) is 4. The summed E-state index contributed by atoms with van der Waals surface area (Å²) in [5.41, 5.74) is -0.483. The molecule has 0 atom stereocenters. The topological polar surface area (TPSA) is 81.1 Å². The summed E-state index contributed by atoms with van der Waals surface area (Å²) in [6, 6.07) is 6.33. The number of rotatable bonds is 3. The molecule has 1 N–H and O–H groups in total. The molecule has 1 heterocycles. The van der Waals surface area contributed by atoms with Gasteiger partial charge in [0.15, 0.2) is 0 Å². The second kappa shape index (κ2) is 6.59. The number of nitrogens with one attached hydrogen (secondary N) is 1. The molecule has 0 bridgehead atoms. The van der Waals surface area contributed by atoms with Gasteiger partial charge in [-0.15, -0.1) is 0 Å². The lowest BCUT2D eigenvalue weighted by Crippen LogP contribution is -2.30. The van der Waals surface area contributed by atoms with Gasteiger partial charge in [-0.1, -0.05) is 12.1 Å². The van der Waals surface area contributed by atoms with E-state index in [4.69, 9.17) is 0 Å². The number of sulfonamides is 1. The number of hydrogen-bond donors (Lipinski definition) is 1. The minimum absolute atomic E-state index is 0.222. The van der Waals surface area contributed by atoms with Crippen LogP contribution in [0.5, 0.6) is 0 Å². The molecule has 0 saturated carbocycles. The summed E-state index contributed by atoms with van der Waals surface area (Å²) >= 11 is 0. The Hall–Kier alpha value is -2.95. The Morgan fingerprint density at radius 3 is 2.29 bits per heavy atom. The molecule has 28 heavy (non-hydrogen) atoms. The van der Waals surface area contributed by atoms with Gasteiger partial charge in [0.2, 0.25) is 10.0 Å². The molecule has 1 amide bonds. The average molecular weight is 415 g/mol. The number of amides is 1. The van der Waals surface area contributed by atoms with Crippen molar-refractivity contribution in [1.29, 1.82) is 0 Å². The molecule has 3 aromatic rings. The van der Waals surface area contributed by atoms with Crippen molar-refractivity contribution in [2.24, 2.45) is 7.05 Å². The van der Waals surface area contributed by atoms with Crippen LogP contribution in [0.3, 0.4) is 0 Å². The molecule has 0 radical (unpaired) electrons. The van der Waals surface area contributed by atoms with Crippen LogP contribution in [0.4, 0.5) is 17.6 Å². The van der Waals surface area contributed by atoms with Crippen molar-refractivity contribution in [2.45, 2.75) is 6.18 Å². The van der Waals surface area contributed by atoms with Gasteiger partial charge in [0.25, 0.3) is 5.91 Å². The van der Waals surface area contributed by atoms with Gasteiger partial charge in [-0.2, -0.15) is 18.3 Å². The van der Waals surface area contributed by atoms with E-state index >= 15 is 0 Å². The zero-order chi connectivity index (χ0) is 20.9. The summed E-state index contributed by atoms with van der Waals surface area (Å²) in [6.07, 6.45) is -3.73. The number of carbonyl (C=O) groups is 1.